The van der Waals surface area contributed by atoms with Crippen molar-refractivity contribution in [3.8, 4) is 0 Å². The maximum absolute atomic E-state index is 11.9. The van der Waals surface area contributed by atoms with Crippen molar-refractivity contribution < 1.29 is 9.21 Å². The van der Waals surface area contributed by atoms with Crippen LogP contribution in [0.3, 0.4) is 0 Å². The van der Waals surface area contributed by atoms with E-state index in [0.717, 1.165) is 25.3 Å². The fourth-order valence-corrected chi connectivity index (χ4v) is 3.34. The van der Waals surface area contributed by atoms with Crippen molar-refractivity contribution in [3.63, 3.8) is 0 Å². The summed E-state index contributed by atoms with van der Waals surface area (Å²) < 4.78 is 7.52. The number of nitrogens with zero attached hydrogens (tertiary/aromatic N) is 2. The van der Waals surface area contributed by atoms with Crippen LogP contribution < -0.4 is 5.32 Å². The van der Waals surface area contributed by atoms with Crippen LogP contribution in [0.4, 0.5) is 0 Å². The van der Waals surface area contributed by atoms with Crippen LogP contribution in [0.25, 0.3) is 0 Å². The molecule has 1 aliphatic heterocycles. The summed E-state index contributed by atoms with van der Waals surface area (Å²) in [4.78, 5) is 14.4. The van der Waals surface area contributed by atoms with Crippen molar-refractivity contribution in [2.24, 2.45) is 7.05 Å². The van der Waals surface area contributed by atoms with Gasteiger partial charge >= 0.3 is 0 Å². The third-order valence-electron chi connectivity index (χ3n) is 4.51. The Bertz CT molecular complexity index is 630. The van der Waals surface area contributed by atoms with Crippen molar-refractivity contribution in [1.82, 2.24) is 14.8 Å². The molecule has 1 N–H and O–H groups in total. The summed E-state index contributed by atoms with van der Waals surface area (Å²) in [6, 6.07) is 8.28. The maximum Gasteiger partial charge on any atom is 0.267 e. The summed E-state index contributed by atoms with van der Waals surface area (Å²) in [6.45, 7) is 1.88. The van der Waals surface area contributed by atoms with E-state index in [0.29, 0.717) is 11.7 Å². The first-order chi connectivity index (χ1) is 10.7. The summed E-state index contributed by atoms with van der Waals surface area (Å²) >= 11 is 0. The second-order valence-corrected chi connectivity index (χ2v) is 5.84. The molecule has 0 spiro atoms. The predicted molar refractivity (Wildman–Crippen MR) is 84.5 cm³/mol. The largest absolute Gasteiger partial charge is 0.468 e. The Kier molecular flexibility index (Phi) is 4.34. The Morgan fingerprint density at radius 1 is 1.36 bits per heavy atom. The Morgan fingerprint density at radius 2 is 2.23 bits per heavy atom. The number of carbonyl (C=O) groups is 1. The lowest BCUT2D eigenvalue weighted by atomic mass is 9.99. The molecule has 1 amide bonds. The van der Waals surface area contributed by atoms with E-state index in [2.05, 4.69) is 16.3 Å². The molecular weight excluding hydrogens is 278 g/mol. The van der Waals surface area contributed by atoms with Crippen LogP contribution in [0.2, 0.25) is 0 Å². The molecule has 22 heavy (non-hydrogen) atoms. The highest BCUT2D eigenvalue weighted by Crippen LogP contribution is 2.32. The second-order valence-electron chi connectivity index (χ2n) is 5.84. The Hall–Kier alpha value is -2.01. The number of aromatic nitrogens is 1. The normalized spacial score (nSPS) is 19.3. The van der Waals surface area contributed by atoms with Crippen LogP contribution in [0.5, 0.6) is 0 Å². The van der Waals surface area contributed by atoms with Crippen LogP contribution in [-0.2, 0) is 13.6 Å². The van der Waals surface area contributed by atoms with E-state index < -0.39 is 0 Å². The minimum Gasteiger partial charge on any atom is -0.468 e. The SMILES string of the molecule is CNC(=O)c1ccc([C@H]2CCCCN2Cc2ccco2)n1C. The number of carbonyl (C=O) groups excluding carboxylic acids is 1. The molecule has 1 fully saturated rings. The molecule has 1 atom stereocenters. The first kappa shape index (κ1) is 14.9. The molecule has 0 aliphatic carbocycles. The maximum atomic E-state index is 11.9. The van der Waals surface area contributed by atoms with Gasteiger partial charge in [0.25, 0.3) is 5.91 Å². The topological polar surface area (TPSA) is 50.4 Å². The van der Waals surface area contributed by atoms with E-state index in [1.54, 1.807) is 13.3 Å². The summed E-state index contributed by atoms with van der Waals surface area (Å²) in [5.41, 5.74) is 1.91. The molecule has 1 aliphatic rings. The Labute approximate surface area is 130 Å². The van der Waals surface area contributed by atoms with Crippen LogP contribution in [0.1, 0.15) is 47.2 Å². The summed E-state index contributed by atoms with van der Waals surface area (Å²) in [7, 11) is 3.64. The van der Waals surface area contributed by atoms with Crippen LogP contribution in [-0.4, -0.2) is 29.0 Å². The minimum atomic E-state index is -0.0397. The zero-order valence-electron chi connectivity index (χ0n) is 13.2. The lowest BCUT2D eigenvalue weighted by Crippen LogP contribution is -2.34. The van der Waals surface area contributed by atoms with E-state index in [9.17, 15) is 4.79 Å². The number of furan rings is 1. The number of piperidine rings is 1. The third kappa shape index (κ3) is 2.81. The highest BCUT2D eigenvalue weighted by Gasteiger charge is 2.27. The van der Waals surface area contributed by atoms with Gasteiger partial charge in [-0.1, -0.05) is 6.42 Å². The van der Waals surface area contributed by atoms with Crippen LogP contribution in [0.15, 0.2) is 34.9 Å². The van der Waals surface area contributed by atoms with Gasteiger partial charge in [0.1, 0.15) is 11.5 Å². The first-order valence-electron chi connectivity index (χ1n) is 7.85. The molecule has 2 aromatic heterocycles. The molecule has 0 bridgehead atoms. The van der Waals surface area contributed by atoms with Gasteiger partial charge in [0.15, 0.2) is 0 Å². The fraction of sp³-hybridized carbons (Fsp3) is 0.471. The lowest BCUT2D eigenvalue weighted by Gasteiger charge is -2.35. The molecule has 3 heterocycles. The summed E-state index contributed by atoms with van der Waals surface area (Å²) in [5, 5.41) is 2.70. The fourth-order valence-electron chi connectivity index (χ4n) is 3.34. The third-order valence-corrected chi connectivity index (χ3v) is 4.51. The van der Waals surface area contributed by atoms with Gasteiger partial charge < -0.3 is 14.3 Å². The smallest absolute Gasteiger partial charge is 0.267 e. The van der Waals surface area contributed by atoms with Gasteiger partial charge in [0.2, 0.25) is 0 Å². The number of amides is 1. The Balaban J connectivity index is 1.84. The van der Waals surface area contributed by atoms with E-state index in [1.165, 1.54) is 18.5 Å². The molecule has 2 aromatic rings. The first-order valence-corrected chi connectivity index (χ1v) is 7.85. The van der Waals surface area contributed by atoms with Gasteiger partial charge in [-0.3, -0.25) is 9.69 Å². The zero-order valence-corrected chi connectivity index (χ0v) is 13.2. The molecule has 118 valence electrons. The molecule has 5 heteroatoms. The van der Waals surface area contributed by atoms with E-state index in [4.69, 9.17) is 4.42 Å². The van der Waals surface area contributed by atoms with Crippen molar-refractivity contribution in [2.75, 3.05) is 13.6 Å². The lowest BCUT2D eigenvalue weighted by molar-refractivity contribution is 0.0951. The molecule has 3 rings (SSSR count). The highest BCUT2D eigenvalue weighted by atomic mass is 16.3. The summed E-state index contributed by atoms with van der Waals surface area (Å²) in [6.07, 6.45) is 5.27. The zero-order chi connectivity index (χ0) is 15.5. The molecule has 1 saturated heterocycles. The van der Waals surface area contributed by atoms with Gasteiger partial charge in [-0.15, -0.1) is 0 Å². The quantitative estimate of drug-likeness (QED) is 0.944. The Morgan fingerprint density at radius 3 is 2.95 bits per heavy atom. The van der Waals surface area contributed by atoms with E-state index in [1.807, 2.05) is 29.8 Å². The highest BCUT2D eigenvalue weighted by molar-refractivity contribution is 5.92. The van der Waals surface area contributed by atoms with E-state index >= 15 is 0 Å². The van der Waals surface area contributed by atoms with Gasteiger partial charge in [-0.2, -0.15) is 0 Å². The molecule has 0 aromatic carbocycles. The second kappa shape index (κ2) is 6.40. The molecule has 0 radical (unpaired) electrons. The van der Waals surface area contributed by atoms with E-state index in [-0.39, 0.29) is 5.91 Å². The van der Waals surface area contributed by atoms with Gasteiger partial charge in [-0.25, -0.2) is 0 Å². The standard InChI is InChI=1S/C17H23N3O2/c1-18-17(21)16-9-8-14(19(16)2)15-7-3-4-10-20(15)12-13-6-5-11-22-13/h5-6,8-9,11,15H,3-4,7,10,12H2,1-2H3,(H,18,21)/t15-/m1/s1. The molecule has 0 unspecified atom stereocenters. The van der Waals surface area contributed by atoms with Gasteiger partial charge in [0, 0.05) is 19.8 Å². The van der Waals surface area contributed by atoms with Crippen LogP contribution >= 0.6 is 0 Å². The number of hydrogen-bond acceptors (Lipinski definition) is 3. The average Bonchev–Trinajstić information content (AvgIpc) is 3.17. The minimum absolute atomic E-state index is 0.0397. The number of nitrogens with one attached hydrogen (secondary N) is 1. The van der Waals surface area contributed by atoms with Crippen molar-refractivity contribution in [1.29, 1.82) is 0 Å². The summed E-state index contributed by atoms with van der Waals surface area (Å²) in [5.74, 6) is 0.953. The molecule has 5 nitrogen and oxygen atoms in total. The van der Waals surface area contributed by atoms with Crippen LogP contribution in [0, 0.1) is 0 Å². The van der Waals surface area contributed by atoms with Crippen molar-refractivity contribution in [2.45, 2.75) is 31.8 Å². The average molecular weight is 301 g/mol. The van der Waals surface area contributed by atoms with Gasteiger partial charge in [-0.05, 0) is 43.7 Å². The number of likely N-dealkylation sites (tertiary alicyclic amines) is 1. The van der Waals surface area contributed by atoms with Crippen molar-refractivity contribution >= 4 is 5.91 Å². The monoisotopic (exact) mass is 301 g/mol. The van der Waals surface area contributed by atoms with Gasteiger partial charge in [0.05, 0.1) is 18.8 Å². The molecular formula is C17H23N3O2. The number of rotatable bonds is 4. The van der Waals surface area contributed by atoms with Crippen molar-refractivity contribution in [3.05, 3.63) is 47.7 Å². The number of hydrogen-bond donors (Lipinski definition) is 1. The molecule has 0 saturated carbocycles. The predicted octanol–water partition coefficient (Wildman–Crippen LogP) is 2.70.